The number of hydrogen-bond acceptors (Lipinski definition) is 1. The van der Waals surface area contributed by atoms with Gasteiger partial charge in [0.05, 0.1) is 0 Å². The lowest BCUT2D eigenvalue weighted by molar-refractivity contribution is 0.628. The van der Waals surface area contributed by atoms with Gasteiger partial charge in [-0.3, -0.25) is 4.99 Å². The van der Waals surface area contributed by atoms with Crippen molar-refractivity contribution in [2.45, 2.75) is 39.8 Å². The first-order chi connectivity index (χ1) is 7.97. The second kappa shape index (κ2) is 6.23. The van der Waals surface area contributed by atoms with E-state index in [1.54, 1.807) is 12.1 Å². The lowest BCUT2D eigenvalue weighted by atomic mass is 10.3. The summed E-state index contributed by atoms with van der Waals surface area (Å²) in [5, 5.41) is 6.36. The van der Waals surface area contributed by atoms with E-state index in [4.69, 9.17) is 0 Å². The summed E-state index contributed by atoms with van der Waals surface area (Å²) >= 11 is 0. The lowest BCUT2D eigenvalue weighted by Gasteiger charge is -2.16. The average Bonchev–Trinajstić information content (AvgIpc) is 2.19. The molecule has 0 aliphatic carbocycles. The van der Waals surface area contributed by atoms with Crippen molar-refractivity contribution in [1.29, 1.82) is 0 Å². The van der Waals surface area contributed by atoms with Crippen LogP contribution in [0.25, 0.3) is 0 Å². The fourth-order valence-corrected chi connectivity index (χ4v) is 1.31. The molecule has 2 N–H and O–H groups in total. The highest BCUT2D eigenvalue weighted by molar-refractivity contribution is 5.93. The van der Waals surface area contributed by atoms with Gasteiger partial charge in [-0.1, -0.05) is 0 Å². The van der Waals surface area contributed by atoms with E-state index in [1.807, 2.05) is 27.7 Å². The molecule has 0 bridgehead atoms. The Morgan fingerprint density at radius 3 is 2.18 bits per heavy atom. The number of halogens is 1. The number of benzene rings is 1. The number of rotatable bonds is 3. The summed E-state index contributed by atoms with van der Waals surface area (Å²) in [7, 11) is 0. The third-order valence-electron chi connectivity index (χ3n) is 1.92. The van der Waals surface area contributed by atoms with Crippen LogP contribution in [0.5, 0.6) is 0 Å². The van der Waals surface area contributed by atoms with E-state index >= 15 is 0 Å². The van der Waals surface area contributed by atoms with Gasteiger partial charge in [0.25, 0.3) is 0 Å². The largest absolute Gasteiger partial charge is 0.354 e. The normalized spacial score (nSPS) is 12.1. The van der Waals surface area contributed by atoms with Gasteiger partial charge in [0.1, 0.15) is 5.82 Å². The van der Waals surface area contributed by atoms with Crippen LogP contribution >= 0.6 is 0 Å². The van der Waals surface area contributed by atoms with Crippen LogP contribution in [0.4, 0.5) is 10.1 Å². The molecule has 0 aliphatic rings. The fourth-order valence-electron chi connectivity index (χ4n) is 1.31. The van der Waals surface area contributed by atoms with Crippen LogP contribution in [0.1, 0.15) is 27.7 Å². The van der Waals surface area contributed by atoms with Crippen LogP contribution < -0.4 is 10.6 Å². The molecule has 0 saturated heterocycles. The summed E-state index contributed by atoms with van der Waals surface area (Å²) < 4.78 is 12.8. The van der Waals surface area contributed by atoms with E-state index in [1.165, 1.54) is 12.1 Å². The van der Waals surface area contributed by atoms with Gasteiger partial charge in [-0.25, -0.2) is 4.39 Å². The van der Waals surface area contributed by atoms with Gasteiger partial charge in [0.2, 0.25) is 0 Å². The number of nitrogens with one attached hydrogen (secondary N) is 2. The minimum absolute atomic E-state index is 0.198. The molecule has 0 unspecified atom stereocenters. The molecule has 17 heavy (non-hydrogen) atoms. The van der Waals surface area contributed by atoms with Gasteiger partial charge in [0, 0.05) is 17.8 Å². The summed E-state index contributed by atoms with van der Waals surface area (Å²) in [6.07, 6.45) is 0. The fraction of sp³-hybridized carbons (Fsp3) is 0.462. The standard InChI is InChI=1S/C13H20FN3/c1-9(2)15-13(16-10(3)4)17-12-7-5-11(14)6-8-12/h5-10H,1-4H3,(H2,15,16,17). The minimum atomic E-state index is -0.241. The summed E-state index contributed by atoms with van der Waals surface area (Å²) in [5.74, 6) is 0.469. The molecule has 1 aromatic carbocycles. The van der Waals surface area contributed by atoms with E-state index in [-0.39, 0.29) is 11.9 Å². The van der Waals surface area contributed by atoms with Gasteiger partial charge in [0.15, 0.2) is 5.96 Å². The number of hydrogen-bond donors (Lipinski definition) is 2. The summed E-state index contributed by atoms with van der Waals surface area (Å²) in [6, 6.07) is 6.71. The summed E-state index contributed by atoms with van der Waals surface area (Å²) in [5.41, 5.74) is 0.818. The molecule has 3 nitrogen and oxygen atoms in total. The first kappa shape index (κ1) is 13.5. The van der Waals surface area contributed by atoms with E-state index in [9.17, 15) is 4.39 Å². The van der Waals surface area contributed by atoms with Gasteiger partial charge < -0.3 is 10.6 Å². The zero-order valence-corrected chi connectivity index (χ0v) is 10.8. The van der Waals surface area contributed by atoms with Crippen molar-refractivity contribution in [3.63, 3.8) is 0 Å². The van der Waals surface area contributed by atoms with Crippen molar-refractivity contribution < 1.29 is 4.39 Å². The second-order valence-electron chi connectivity index (χ2n) is 4.50. The zero-order chi connectivity index (χ0) is 12.8. The first-order valence-electron chi connectivity index (χ1n) is 5.84. The van der Waals surface area contributed by atoms with Crippen LogP contribution in [0, 0.1) is 5.82 Å². The average molecular weight is 237 g/mol. The van der Waals surface area contributed by atoms with Crippen molar-refractivity contribution in [3.8, 4) is 0 Å². The van der Waals surface area contributed by atoms with E-state index in [0.717, 1.165) is 5.69 Å². The molecule has 94 valence electrons. The Morgan fingerprint density at radius 1 is 1.12 bits per heavy atom. The van der Waals surface area contributed by atoms with Gasteiger partial charge in [-0.15, -0.1) is 0 Å². The van der Waals surface area contributed by atoms with E-state index < -0.39 is 0 Å². The van der Waals surface area contributed by atoms with Crippen LogP contribution in [-0.2, 0) is 0 Å². The zero-order valence-electron chi connectivity index (χ0n) is 10.8. The highest BCUT2D eigenvalue weighted by Gasteiger charge is 2.03. The Morgan fingerprint density at radius 2 is 1.71 bits per heavy atom. The number of nitrogens with zero attached hydrogens (tertiary/aromatic N) is 1. The lowest BCUT2D eigenvalue weighted by Crippen LogP contribution is -2.36. The SMILES string of the molecule is CC(C)N=C(Nc1ccc(F)cc1)NC(C)C. The van der Waals surface area contributed by atoms with Crippen LogP contribution in [0.3, 0.4) is 0 Å². The molecular formula is C13H20FN3. The smallest absolute Gasteiger partial charge is 0.196 e. The molecule has 0 aromatic heterocycles. The summed E-state index contributed by atoms with van der Waals surface area (Å²) in [6.45, 7) is 8.10. The molecule has 1 rings (SSSR count). The molecule has 0 heterocycles. The molecule has 0 radical (unpaired) electrons. The highest BCUT2D eigenvalue weighted by Crippen LogP contribution is 2.08. The number of guanidine groups is 1. The monoisotopic (exact) mass is 237 g/mol. The quantitative estimate of drug-likeness (QED) is 0.626. The molecular weight excluding hydrogens is 217 g/mol. The number of aliphatic imine (C=N–C) groups is 1. The molecule has 0 amide bonds. The predicted octanol–water partition coefficient (Wildman–Crippen LogP) is 3.00. The Hall–Kier alpha value is -1.58. The van der Waals surface area contributed by atoms with Gasteiger partial charge >= 0.3 is 0 Å². The summed E-state index contributed by atoms with van der Waals surface area (Å²) in [4.78, 5) is 4.44. The van der Waals surface area contributed by atoms with Crippen LogP contribution in [-0.4, -0.2) is 18.0 Å². The molecule has 0 atom stereocenters. The first-order valence-corrected chi connectivity index (χ1v) is 5.84. The topological polar surface area (TPSA) is 36.4 Å². The Labute approximate surface area is 102 Å². The minimum Gasteiger partial charge on any atom is -0.354 e. The number of anilines is 1. The molecule has 4 heteroatoms. The highest BCUT2D eigenvalue weighted by atomic mass is 19.1. The predicted molar refractivity (Wildman–Crippen MR) is 70.9 cm³/mol. The maximum absolute atomic E-state index is 12.8. The molecule has 1 aromatic rings. The third kappa shape index (κ3) is 5.33. The van der Waals surface area contributed by atoms with Crippen molar-refractivity contribution in [2.24, 2.45) is 4.99 Å². The Bertz CT molecular complexity index is 369. The van der Waals surface area contributed by atoms with Crippen molar-refractivity contribution >= 4 is 11.6 Å². The second-order valence-corrected chi connectivity index (χ2v) is 4.50. The maximum Gasteiger partial charge on any atom is 0.196 e. The Balaban J connectivity index is 2.75. The van der Waals surface area contributed by atoms with Gasteiger partial charge in [-0.05, 0) is 52.0 Å². The molecule has 0 aliphatic heterocycles. The third-order valence-corrected chi connectivity index (χ3v) is 1.92. The molecule has 0 spiro atoms. The van der Waals surface area contributed by atoms with Crippen molar-refractivity contribution in [3.05, 3.63) is 30.1 Å². The van der Waals surface area contributed by atoms with Crippen LogP contribution in [0.15, 0.2) is 29.3 Å². The molecule has 0 fully saturated rings. The Kier molecular flexibility index (Phi) is 4.94. The van der Waals surface area contributed by atoms with Crippen LogP contribution in [0.2, 0.25) is 0 Å². The van der Waals surface area contributed by atoms with Crippen molar-refractivity contribution in [1.82, 2.24) is 5.32 Å². The maximum atomic E-state index is 12.8. The van der Waals surface area contributed by atoms with E-state index in [0.29, 0.717) is 12.0 Å². The van der Waals surface area contributed by atoms with E-state index in [2.05, 4.69) is 15.6 Å². The van der Waals surface area contributed by atoms with Crippen molar-refractivity contribution in [2.75, 3.05) is 5.32 Å². The van der Waals surface area contributed by atoms with Gasteiger partial charge in [-0.2, -0.15) is 0 Å². The molecule has 0 saturated carbocycles.